The molecule has 0 saturated carbocycles. The van der Waals surface area contributed by atoms with Gasteiger partial charge in [-0.15, -0.1) is 0 Å². The highest BCUT2D eigenvalue weighted by molar-refractivity contribution is 9.10. The molecule has 0 heterocycles. The van der Waals surface area contributed by atoms with E-state index in [2.05, 4.69) is 20.7 Å². The van der Waals surface area contributed by atoms with E-state index in [1.54, 1.807) is 12.1 Å². The number of hydrogen-bond acceptors (Lipinski definition) is 4. The molecule has 110 valence electrons. The van der Waals surface area contributed by atoms with Crippen molar-refractivity contribution in [3.63, 3.8) is 0 Å². The molecule has 0 saturated heterocycles. The summed E-state index contributed by atoms with van der Waals surface area (Å²) in [6.45, 7) is 0.0891. The van der Waals surface area contributed by atoms with E-state index in [9.17, 15) is 9.18 Å². The summed E-state index contributed by atoms with van der Waals surface area (Å²) in [5, 5.41) is 0. The molecule has 0 aliphatic heterocycles. The van der Waals surface area contributed by atoms with Crippen molar-refractivity contribution < 1.29 is 18.7 Å². The number of carbonyl (C=O) groups excluding carboxylic acids is 1. The van der Waals surface area contributed by atoms with Gasteiger partial charge in [-0.1, -0.05) is 15.9 Å². The number of carbonyl (C=O) groups is 1. The van der Waals surface area contributed by atoms with Crippen LogP contribution in [0.2, 0.25) is 0 Å². The zero-order chi connectivity index (χ0) is 15.4. The molecule has 4 nitrogen and oxygen atoms in total. The molecule has 6 heteroatoms. The lowest BCUT2D eigenvalue weighted by molar-refractivity contribution is 0.0595. The molecule has 2 aromatic carbocycles. The fourth-order valence-electron chi connectivity index (χ4n) is 1.75. The Bertz CT molecular complexity index is 676. The van der Waals surface area contributed by atoms with Crippen LogP contribution in [0.5, 0.6) is 5.75 Å². The van der Waals surface area contributed by atoms with Crippen molar-refractivity contribution >= 4 is 27.6 Å². The third-order valence-electron chi connectivity index (χ3n) is 2.80. The van der Waals surface area contributed by atoms with Crippen molar-refractivity contribution in [2.45, 2.75) is 6.61 Å². The number of nitrogen functional groups attached to an aromatic ring is 1. The molecule has 2 aromatic rings. The second kappa shape index (κ2) is 6.58. The maximum absolute atomic E-state index is 13.2. The highest BCUT2D eigenvalue weighted by atomic mass is 79.9. The number of halogens is 2. The molecule has 2 rings (SSSR count). The fraction of sp³-hybridized carbons (Fsp3) is 0.133. The molecule has 21 heavy (non-hydrogen) atoms. The minimum atomic E-state index is -0.525. The molecule has 0 aliphatic carbocycles. The zero-order valence-electron chi connectivity index (χ0n) is 11.2. The predicted octanol–water partition coefficient (Wildman–Crippen LogP) is 3.54. The van der Waals surface area contributed by atoms with E-state index in [0.29, 0.717) is 15.7 Å². The average Bonchev–Trinajstić information content (AvgIpc) is 2.47. The molecular weight excluding hydrogens is 341 g/mol. The number of anilines is 1. The second-order valence-electron chi connectivity index (χ2n) is 4.27. The molecule has 0 aromatic heterocycles. The van der Waals surface area contributed by atoms with Gasteiger partial charge < -0.3 is 15.2 Å². The zero-order valence-corrected chi connectivity index (χ0v) is 12.8. The van der Waals surface area contributed by atoms with Crippen LogP contribution in [0.4, 0.5) is 10.1 Å². The van der Waals surface area contributed by atoms with Crippen LogP contribution in [0.1, 0.15) is 15.9 Å². The lowest BCUT2D eigenvalue weighted by atomic mass is 10.2. The summed E-state index contributed by atoms with van der Waals surface area (Å²) in [6.07, 6.45) is 0. The Morgan fingerprint density at radius 1 is 1.29 bits per heavy atom. The van der Waals surface area contributed by atoms with Crippen molar-refractivity contribution in [1.82, 2.24) is 0 Å². The van der Waals surface area contributed by atoms with Gasteiger partial charge in [-0.2, -0.15) is 0 Å². The molecule has 0 bridgehead atoms. The molecule has 0 amide bonds. The maximum Gasteiger partial charge on any atom is 0.341 e. The lowest BCUT2D eigenvalue weighted by Crippen LogP contribution is -2.07. The minimum absolute atomic E-state index is 0.0891. The van der Waals surface area contributed by atoms with Gasteiger partial charge >= 0.3 is 5.97 Å². The van der Waals surface area contributed by atoms with Gasteiger partial charge in [-0.3, -0.25) is 0 Å². The first-order chi connectivity index (χ1) is 10.0. The Labute approximate surface area is 129 Å². The number of benzene rings is 2. The number of esters is 1. The van der Waals surface area contributed by atoms with Gasteiger partial charge in [0, 0.05) is 21.8 Å². The van der Waals surface area contributed by atoms with Gasteiger partial charge in [0.2, 0.25) is 0 Å². The van der Waals surface area contributed by atoms with Gasteiger partial charge in [0.05, 0.1) is 7.11 Å². The molecule has 0 unspecified atom stereocenters. The van der Waals surface area contributed by atoms with Crippen molar-refractivity contribution in [2.24, 2.45) is 0 Å². The van der Waals surface area contributed by atoms with Crippen LogP contribution in [-0.4, -0.2) is 13.1 Å². The van der Waals surface area contributed by atoms with Crippen LogP contribution >= 0.6 is 15.9 Å². The third-order valence-corrected chi connectivity index (χ3v) is 3.58. The molecule has 0 fully saturated rings. The van der Waals surface area contributed by atoms with Crippen LogP contribution in [0.15, 0.2) is 40.9 Å². The first-order valence-electron chi connectivity index (χ1n) is 6.06. The average molecular weight is 354 g/mol. The van der Waals surface area contributed by atoms with Crippen molar-refractivity contribution in [2.75, 3.05) is 12.8 Å². The monoisotopic (exact) mass is 353 g/mol. The number of methoxy groups -OCH3 is 1. The Balaban J connectivity index is 2.25. The van der Waals surface area contributed by atoms with E-state index in [1.165, 1.54) is 31.4 Å². The molecule has 2 N–H and O–H groups in total. The summed E-state index contributed by atoms with van der Waals surface area (Å²) in [6, 6.07) is 8.92. The Morgan fingerprint density at radius 2 is 2.05 bits per heavy atom. The van der Waals surface area contributed by atoms with Crippen LogP contribution in [-0.2, 0) is 11.3 Å². The number of rotatable bonds is 4. The number of ether oxygens (including phenoxy) is 2. The van der Waals surface area contributed by atoms with Gasteiger partial charge in [-0.05, 0) is 30.3 Å². The number of nitrogens with two attached hydrogens (primary N) is 1. The van der Waals surface area contributed by atoms with Gasteiger partial charge in [0.25, 0.3) is 0 Å². The van der Waals surface area contributed by atoms with Crippen LogP contribution in [0.3, 0.4) is 0 Å². The summed E-state index contributed by atoms with van der Waals surface area (Å²) < 4.78 is 24.2. The topological polar surface area (TPSA) is 61.5 Å². The second-order valence-corrected chi connectivity index (χ2v) is 5.13. The SMILES string of the molecule is COC(=O)c1ccc(N)cc1OCc1cc(F)ccc1Br. The van der Waals surface area contributed by atoms with Crippen molar-refractivity contribution in [3.8, 4) is 5.75 Å². The maximum atomic E-state index is 13.2. The Hall–Kier alpha value is -2.08. The van der Waals surface area contributed by atoms with E-state index >= 15 is 0 Å². The van der Waals surface area contributed by atoms with Crippen molar-refractivity contribution in [1.29, 1.82) is 0 Å². The van der Waals surface area contributed by atoms with Gasteiger partial charge in [0.1, 0.15) is 23.7 Å². The Kier molecular flexibility index (Phi) is 4.80. The highest BCUT2D eigenvalue weighted by Crippen LogP contribution is 2.25. The third kappa shape index (κ3) is 3.72. The number of hydrogen-bond donors (Lipinski definition) is 1. The van der Waals surface area contributed by atoms with Gasteiger partial charge in [-0.25, -0.2) is 9.18 Å². The lowest BCUT2D eigenvalue weighted by Gasteiger charge is -2.12. The van der Waals surface area contributed by atoms with Crippen LogP contribution < -0.4 is 10.5 Å². The van der Waals surface area contributed by atoms with Gasteiger partial charge in [0.15, 0.2) is 0 Å². The summed E-state index contributed by atoms with van der Waals surface area (Å²) in [5.41, 5.74) is 7.03. The fourth-order valence-corrected chi connectivity index (χ4v) is 2.11. The predicted molar refractivity (Wildman–Crippen MR) is 80.6 cm³/mol. The highest BCUT2D eigenvalue weighted by Gasteiger charge is 2.14. The first kappa shape index (κ1) is 15.3. The van der Waals surface area contributed by atoms with Crippen LogP contribution in [0.25, 0.3) is 0 Å². The molecule has 0 spiro atoms. The molecule has 0 aliphatic rings. The smallest absolute Gasteiger partial charge is 0.341 e. The van der Waals surface area contributed by atoms with E-state index in [-0.39, 0.29) is 23.7 Å². The van der Waals surface area contributed by atoms with Crippen molar-refractivity contribution in [3.05, 3.63) is 57.8 Å². The van der Waals surface area contributed by atoms with E-state index < -0.39 is 5.97 Å². The minimum Gasteiger partial charge on any atom is -0.488 e. The first-order valence-corrected chi connectivity index (χ1v) is 6.85. The quantitative estimate of drug-likeness (QED) is 0.674. The summed E-state index contributed by atoms with van der Waals surface area (Å²) >= 11 is 3.32. The normalized spacial score (nSPS) is 10.2. The van der Waals surface area contributed by atoms with Crippen LogP contribution in [0, 0.1) is 5.82 Å². The summed E-state index contributed by atoms with van der Waals surface area (Å²) in [7, 11) is 1.28. The standard InChI is InChI=1S/C15H13BrFNO3/c1-20-15(19)12-4-3-11(18)7-14(12)21-8-9-6-10(17)2-5-13(9)16/h2-7H,8,18H2,1H3. The summed E-state index contributed by atoms with van der Waals surface area (Å²) in [5.74, 6) is -0.598. The van der Waals surface area contributed by atoms with E-state index in [4.69, 9.17) is 10.5 Å². The largest absolute Gasteiger partial charge is 0.488 e. The van der Waals surface area contributed by atoms with E-state index in [1.807, 2.05) is 0 Å². The molecule has 0 radical (unpaired) electrons. The molecule has 0 atom stereocenters. The van der Waals surface area contributed by atoms with E-state index in [0.717, 1.165) is 0 Å². The summed E-state index contributed by atoms with van der Waals surface area (Å²) in [4.78, 5) is 11.7. The Morgan fingerprint density at radius 3 is 2.76 bits per heavy atom. The molecular formula is C15H13BrFNO3.